The van der Waals surface area contributed by atoms with Crippen molar-refractivity contribution in [2.75, 3.05) is 19.7 Å². The van der Waals surface area contributed by atoms with Gasteiger partial charge >= 0.3 is 12.1 Å². The van der Waals surface area contributed by atoms with Gasteiger partial charge in [-0.3, -0.25) is 0 Å². The first-order chi connectivity index (χ1) is 11.8. The zero-order chi connectivity index (χ0) is 18.2. The highest BCUT2D eigenvalue weighted by atomic mass is 16.6. The Morgan fingerprint density at radius 3 is 2.84 bits per heavy atom. The van der Waals surface area contributed by atoms with E-state index in [2.05, 4.69) is 10.1 Å². The molecule has 0 aromatic carbocycles. The van der Waals surface area contributed by atoms with E-state index in [1.54, 1.807) is 11.0 Å². The van der Waals surface area contributed by atoms with Crippen molar-refractivity contribution in [1.29, 1.82) is 0 Å². The Morgan fingerprint density at radius 1 is 1.40 bits per heavy atom. The third-order valence-corrected chi connectivity index (χ3v) is 3.71. The van der Waals surface area contributed by atoms with Gasteiger partial charge in [-0.15, -0.1) is 0 Å². The molecule has 2 aromatic heterocycles. The minimum atomic E-state index is -1.10. The van der Waals surface area contributed by atoms with Gasteiger partial charge in [-0.25, -0.2) is 19.1 Å². The molecule has 1 amide bonds. The minimum absolute atomic E-state index is 0.0154. The van der Waals surface area contributed by atoms with Gasteiger partial charge in [-0.05, 0) is 26.8 Å². The molecule has 1 fully saturated rings. The molecule has 1 saturated heterocycles. The number of morpholine rings is 1. The molecule has 9 nitrogen and oxygen atoms in total. The molecular weight excluding hydrogens is 328 g/mol. The number of ether oxygens (including phenoxy) is 2. The Kier molecular flexibility index (Phi) is 4.34. The van der Waals surface area contributed by atoms with Crippen molar-refractivity contribution < 1.29 is 24.2 Å². The van der Waals surface area contributed by atoms with Crippen LogP contribution in [-0.2, 0) is 9.47 Å². The van der Waals surface area contributed by atoms with Crippen LogP contribution in [0.25, 0.3) is 5.65 Å². The van der Waals surface area contributed by atoms with Gasteiger partial charge in [0.1, 0.15) is 17.3 Å². The Labute approximate surface area is 144 Å². The number of carbonyl (C=O) groups excluding carboxylic acids is 1. The van der Waals surface area contributed by atoms with Crippen LogP contribution in [0.15, 0.2) is 18.5 Å². The van der Waals surface area contributed by atoms with E-state index in [0.717, 1.165) is 0 Å². The highest BCUT2D eigenvalue weighted by molar-refractivity contribution is 5.94. The number of rotatable bonds is 2. The van der Waals surface area contributed by atoms with Crippen LogP contribution in [-0.4, -0.2) is 62.0 Å². The number of carboxylic acid groups (broad SMARTS) is 1. The summed E-state index contributed by atoms with van der Waals surface area (Å²) in [4.78, 5) is 29.2. The van der Waals surface area contributed by atoms with Crippen molar-refractivity contribution >= 4 is 17.7 Å². The molecule has 2 aromatic rings. The van der Waals surface area contributed by atoms with E-state index >= 15 is 0 Å². The van der Waals surface area contributed by atoms with Gasteiger partial charge < -0.3 is 19.5 Å². The summed E-state index contributed by atoms with van der Waals surface area (Å²) in [6, 6.07) is 1.70. The second-order valence-corrected chi connectivity index (χ2v) is 6.75. The van der Waals surface area contributed by atoms with Gasteiger partial charge in [0.25, 0.3) is 0 Å². The molecule has 0 saturated carbocycles. The number of nitrogens with zero attached hydrogens (tertiary/aromatic N) is 4. The number of amides is 1. The lowest BCUT2D eigenvalue weighted by Crippen LogP contribution is -2.45. The number of fused-ring (bicyclic) bond motifs is 1. The zero-order valence-electron chi connectivity index (χ0n) is 14.3. The molecule has 25 heavy (non-hydrogen) atoms. The van der Waals surface area contributed by atoms with Crippen molar-refractivity contribution in [2.24, 2.45) is 0 Å². The maximum absolute atomic E-state index is 12.3. The van der Waals surface area contributed by atoms with E-state index in [9.17, 15) is 14.7 Å². The van der Waals surface area contributed by atoms with Crippen molar-refractivity contribution in [3.05, 3.63) is 29.7 Å². The normalized spacial score (nSPS) is 18.4. The highest BCUT2D eigenvalue weighted by Crippen LogP contribution is 2.24. The predicted octanol–water partition coefficient (Wildman–Crippen LogP) is 1.74. The average molecular weight is 348 g/mol. The summed E-state index contributed by atoms with van der Waals surface area (Å²) in [5.74, 6) is -1.10. The predicted molar refractivity (Wildman–Crippen MR) is 86.4 cm³/mol. The lowest BCUT2D eigenvalue weighted by Gasteiger charge is -2.34. The maximum Gasteiger partial charge on any atom is 0.410 e. The van der Waals surface area contributed by atoms with E-state index < -0.39 is 23.8 Å². The largest absolute Gasteiger partial charge is 0.477 e. The first kappa shape index (κ1) is 17.2. The quantitative estimate of drug-likeness (QED) is 0.881. The van der Waals surface area contributed by atoms with Gasteiger partial charge in [-0.2, -0.15) is 5.10 Å². The van der Waals surface area contributed by atoms with Crippen molar-refractivity contribution in [2.45, 2.75) is 32.5 Å². The smallest absolute Gasteiger partial charge is 0.410 e. The molecule has 1 aliphatic rings. The number of aromatic nitrogens is 3. The molecule has 3 rings (SSSR count). The third kappa shape index (κ3) is 3.55. The Hall–Kier alpha value is -2.68. The molecule has 9 heteroatoms. The second-order valence-electron chi connectivity index (χ2n) is 6.75. The highest BCUT2D eigenvalue weighted by Gasteiger charge is 2.30. The van der Waals surface area contributed by atoms with E-state index in [1.165, 1.54) is 16.9 Å². The van der Waals surface area contributed by atoms with E-state index in [4.69, 9.17) is 9.47 Å². The lowest BCUT2D eigenvalue weighted by molar-refractivity contribution is -0.0454. The molecule has 0 aliphatic carbocycles. The molecule has 3 heterocycles. The van der Waals surface area contributed by atoms with Gasteiger partial charge in [0.15, 0.2) is 5.65 Å². The average Bonchev–Trinajstić information content (AvgIpc) is 2.97. The number of carbonyl (C=O) groups is 2. The maximum atomic E-state index is 12.3. The second kappa shape index (κ2) is 6.32. The number of hydrogen-bond donors (Lipinski definition) is 1. The number of carboxylic acids is 1. The van der Waals surface area contributed by atoms with Gasteiger partial charge in [0.05, 0.1) is 25.0 Å². The standard InChI is InChI=1S/C16H20N4O5/c1-16(2,3)25-15(23)19-6-7-24-12(9-19)11-4-5-17-13-10(14(21)22)8-18-20(11)13/h4-5,8,12H,6-7,9H2,1-3H3,(H,21,22). The Balaban J connectivity index is 1.86. The Bertz CT molecular complexity index is 810. The van der Waals surface area contributed by atoms with Gasteiger partial charge in [-0.1, -0.05) is 0 Å². The van der Waals surface area contributed by atoms with Crippen LogP contribution in [0.5, 0.6) is 0 Å². The van der Waals surface area contributed by atoms with Crippen LogP contribution < -0.4 is 0 Å². The molecule has 1 atom stereocenters. The van der Waals surface area contributed by atoms with E-state index in [-0.39, 0.29) is 17.8 Å². The van der Waals surface area contributed by atoms with E-state index in [0.29, 0.717) is 18.8 Å². The van der Waals surface area contributed by atoms with Crippen LogP contribution in [0.2, 0.25) is 0 Å². The lowest BCUT2D eigenvalue weighted by atomic mass is 10.2. The summed E-state index contributed by atoms with van der Waals surface area (Å²) < 4.78 is 12.6. The molecule has 134 valence electrons. The van der Waals surface area contributed by atoms with Crippen LogP contribution in [0.1, 0.15) is 42.9 Å². The fraction of sp³-hybridized carbons (Fsp3) is 0.500. The summed E-state index contributed by atoms with van der Waals surface area (Å²) >= 11 is 0. The van der Waals surface area contributed by atoms with Crippen LogP contribution in [0, 0.1) is 0 Å². The molecule has 0 radical (unpaired) electrons. The molecule has 1 unspecified atom stereocenters. The number of hydrogen-bond acceptors (Lipinski definition) is 6. The Morgan fingerprint density at radius 2 is 2.16 bits per heavy atom. The summed E-state index contributed by atoms with van der Waals surface area (Å²) in [7, 11) is 0. The summed E-state index contributed by atoms with van der Waals surface area (Å²) in [6.07, 6.45) is 1.91. The minimum Gasteiger partial charge on any atom is -0.477 e. The van der Waals surface area contributed by atoms with Gasteiger partial charge in [0.2, 0.25) is 0 Å². The monoisotopic (exact) mass is 348 g/mol. The topological polar surface area (TPSA) is 106 Å². The molecular formula is C16H20N4O5. The molecule has 1 N–H and O–H groups in total. The van der Waals surface area contributed by atoms with Crippen LogP contribution in [0.4, 0.5) is 4.79 Å². The van der Waals surface area contributed by atoms with Crippen molar-refractivity contribution in [3.63, 3.8) is 0 Å². The van der Waals surface area contributed by atoms with Crippen molar-refractivity contribution in [1.82, 2.24) is 19.5 Å². The number of aromatic carboxylic acids is 1. The first-order valence-corrected chi connectivity index (χ1v) is 7.92. The zero-order valence-corrected chi connectivity index (χ0v) is 14.3. The van der Waals surface area contributed by atoms with Crippen molar-refractivity contribution in [3.8, 4) is 0 Å². The fourth-order valence-corrected chi connectivity index (χ4v) is 2.63. The van der Waals surface area contributed by atoms with Crippen LogP contribution in [0.3, 0.4) is 0 Å². The van der Waals surface area contributed by atoms with E-state index in [1.807, 2.05) is 20.8 Å². The molecule has 1 aliphatic heterocycles. The summed E-state index contributed by atoms with van der Waals surface area (Å²) in [5.41, 5.74) is 0.308. The first-order valence-electron chi connectivity index (χ1n) is 7.92. The fourth-order valence-electron chi connectivity index (χ4n) is 2.63. The third-order valence-electron chi connectivity index (χ3n) is 3.71. The van der Waals surface area contributed by atoms with Crippen LogP contribution >= 0.6 is 0 Å². The van der Waals surface area contributed by atoms with Gasteiger partial charge in [0, 0.05) is 12.7 Å². The SMILES string of the molecule is CC(C)(C)OC(=O)N1CCOC(c2ccnc3c(C(=O)O)cnn23)C1. The molecule has 0 spiro atoms. The summed E-state index contributed by atoms with van der Waals surface area (Å²) in [5, 5.41) is 13.3. The summed E-state index contributed by atoms with van der Waals surface area (Å²) in [6.45, 7) is 6.50. The molecule has 0 bridgehead atoms.